The van der Waals surface area contributed by atoms with Crippen LogP contribution in [0.2, 0.25) is 0 Å². The minimum absolute atomic E-state index is 0.0956. The number of aromatic nitrogens is 1. The van der Waals surface area contributed by atoms with Gasteiger partial charge in [-0.25, -0.2) is 0 Å². The lowest BCUT2D eigenvalue weighted by Crippen LogP contribution is -2.16. The predicted molar refractivity (Wildman–Crippen MR) is 224 cm³/mol. The van der Waals surface area contributed by atoms with Crippen LogP contribution in [0.1, 0.15) is 25.0 Å². The van der Waals surface area contributed by atoms with Crippen LogP contribution in [0.3, 0.4) is 0 Å². The van der Waals surface area contributed by atoms with Crippen molar-refractivity contribution in [3.8, 4) is 39.1 Å². The normalized spacial score (nSPS) is 12.9. The third kappa shape index (κ3) is 5.02. The smallest absolute Gasteiger partial charge is 0.0619 e. The number of anilines is 3. The Kier molecular flexibility index (Phi) is 7.19. The molecule has 0 radical (unpaired) electrons. The summed E-state index contributed by atoms with van der Waals surface area (Å²) in [6.45, 7) is 4.70. The Morgan fingerprint density at radius 3 is 1.70 bits per heavy atom. The fraction of sp³-hybridized carbons (Fsp3) is 0.0588. The summed E-state index contributed by atoms with van der Waals surface area (Å²) in [7, 11) is 0. The number of nitrogens with zero attached hydrogens (tertiary/aromatic N) is 2. The first-order valence-corrected chi connectivity index (χ1v) is 18.4. The third-order valence-electron chi connectivity index (χ3n) is 11.2. The van der Waals surface area contributed by atoms with Gasteiger partial charge in [-0.2, -0.15) is 0 Å². The van der Waals surface area contributed by atoms with Crippen LogP contribution >= 0.6 is 0 Å². The maximum absolute atomic E-state index is 2.44. The van der Waals surface area contributed by atoms with Gasteiger partial charge in [0.15, 0.2) is 0 Å². The number of fused-ring (bicyclic) bond motifs is 6. The first kappa shape index (κ1) is 31.1. The molecule has 8 aromatic carbocycles. The van der Waals surface area contributed by atoms with Crippen LogP contribution in [-0.2, 0) is 5.41 Å². The molecule has 9 aromatic rings. The lowest BCUT2D eigenvalue weighted by atomic mass is 9.82. The summed E-state index contributed by atoms with van der Waals surface area (Å²) < 4.78 is 2.44. The molecule has 0 unspecified atom stereocenters. The van der Waals surface area contributed by atoms with Crippen molar-refractivity contribution in [2.24, 2.45) is 0 Å². The first-order valence-electron chi connectivity index (χ1n) is 18.4. The molecule has 0 bridgehead atoms. The van der Waals surface area contributed by atoms with Crippen LogP contribution in [0.15, 0.2) is 194 Å². The van der Waals surface area contributed by atoms with Crippen molar-refractivity contribution in [1.29, 1.82) is 0 Å². The lowest BCUT2D eigenvalue weighted by molar-refractivity contribution is 0.660. The fourth-order valence-electron chi connectivity index (χ4n) is 8.60. The first-order chi connectivity index (χ1) is 26.1. The highest BCUT2D eigenvalue weighted by molar-refractivity contribution is 6.13. The van der Waals surface area contributed by atoms with E-state index in [2.05, 4.69) is 217 Å². The molecule has 0 spiro atoms. The maximum Gasteiger partial charge on any atom is 0.0619 e. The van der Waals surface area contributed by atoms with Crippen molar-refractivity contribution in [3.05, 3.63) is 205 Å². The SMILES string of the molecule is CC1(C)c2ccccc2-c2ccc(N(c3ccc(-c4ccccc4)cc3)c3ccc(-n4c5ccccc5c5cccc(-c6ccccc6)c54)cc3)cc21. The Hall–Kier alpha value is -6.64. The van der Waals surface area contributed by atoms with Gasteiger partial charge in [0.25, 0.3) is 0 Å². The van der Waals surface area contributed by atoms with Gasteiger partial charge < -0.3 is 9.47 Å². The highest BCUT2D eigenvalue weighted by atomic mass is 15.1. The Morgan fingerprint density at radius 1 is 0.396 bits per heavy atom. The number of para-hydroxylation sites is 2. The fourth-order valence-corrected chi connectivity index (χ4v) is 8.60. The second-order valence-electron chi connectivity index (χ2n) is 14.6. The molecule has 0 aliphatic heterocycles. The number of hydrogen-bond donors (Lipinski definition) is 0. The Morgan fingerprint density at radius 2 is 0.943 bits per heavy atom. The molecule has 2 nitrogen and oxygen atoms in total. The van der Waals surface area contributed by atoms with Gasteiger partial charge in [0, 0.05) is 44.5 Å². The molecule has 0 saturated heterocycles. The zero-order valence-electron chi connectivity index (χ0n) is 29.9. The number of benzene rings is 8. The van der Waals surface area contributed by atoms with Crippen molar-refractivity contribution in [2.75, 3.05) is 4.90 Å². The summed E-state index contributed by atoms with van der Waals surface area (Å²) in [5, 5.41) is 2.51. The van der Waals surface area contributed by atoms with Gasteiger partial charge >= 0.3 is 0 Å². The molecule has 0 saturated carbocycles. The zero-order valence-corrected chi connectivity index (χ0v) is 29.9. The minimum Gasteiger partial charge on any atom is -0.310 e. The molecule has 0 amide bonds. The van der Waals surface area contributed by atoms with Gasteiger partial charge in [0.2, 0.25) is 0 Å². The van der Waals surface area contributed by atoms with Crippen LogP contribution in [0.25, 0.3) is 60.9 Å². The lowest BCUT2D eigenvalue weighted by Gasteiger charge is -2.28. The monoisotopic (exact) mass is 678 g/mol. The van der Waals surface area contributed by atoms with Gasteiger partial charge in [0.05, 0.1) is 11.0 Å². The molecule has 252 valence electrons. The summed E-state index contributed by atoms with van der Waals surface area (Å²) in [5.41, 5.74) is 17.1. The molecule has 1 aliphatic rings. The summed E-state index contributed by atoms with van der Waals surface area (Å²) in [5.74, 6) is 0. The molecule has 10 rings (SSSR count). The van der Waals surface area contributed by atoms with E-state index >= 15 is 0 Å². The topological polar surface area (TPSA) is 8.17 Å². The van der Waals surface area contributed by atoms with Crippen LogP contribution in [0.5, 0.6) is 0 Å². The number of hydrogen-bond acceptors (Lipinski definition) is 1. The molecule has 0 N–H and O–H groups in total. The van der Waals surface area contributed by atoms with E-state index in [1.54, 1.807) is 0 Å². The molecule has 0 atom stereocenters. The van der Waals surface area contributed by atoms with E-state index in [1.807, 2.05) is 0 Å². The zero-order chi connectivity index (χ0) is 35.5. The van der Waals surface area contributed by atoms with Gasteiger partial charge in [-0.3, -0.25) is 0 Å². The van der Waals surface area contributed by atoms with Crippen LogP contribution < -0.4 is 4.90 Å². The summed E-state index contributed by atoms with van der Waals surface area (Å²) >= 11 is 0. The van der Waals surface area contributed by atoms with Crippen LogP contribution in [0, 0.1) is 0 Å². The van der Waals surface area contributed by atoms with E-state index in [1.165, 1.54) is 66.3 Å². The average molecular weight is 679 g/mol. The van der Waals surface area contributed by atoms with E-state index < -0.39 is 0 Å². The van der Waals surface area contributed by atoms with Gasteiger partial charge in [-0.05, 0) is 93.5 Å². The van der Waals surface area contributed by atoms with Crippen LogP contribution in [-0.4, -0.2) is 4.57 Å². The molecule has 0 fully saturated rings. The van der Waals surface area contributed by atoms with E-state index in [0.29, 0.717) is 0 Å². The molecule has 1 heterocycles. The third-order valence-corrected chi connectivity index (χ3v) is 11.2. The Labute approximate surface area is 310 Å². The maximum atomic E-state index is 2.44. The quantitative estimate of drug-likeness (QED) is 0.170. The van der Waals surface area contributed by atoms with Crippen molar-refractivity contribution in [3.63, 3.8) is 0 Å². The predicted octanol–water partition coefficient (Wildman–Crippen LogP) is 13.9. The minimum atomic E-state index is -0.0956. The Bertz CT molecular complexity index is 2770. The van der Waals surface area contributed by atoms with Crippen molar-refractivity contribution >= 4 is 38.9 Å². The average Bonchev–Trinajstić information content (AvgIpc) is 3.68. The second-order valence-corrected chi connectivity index (χ2v) is 14.6. The molecule has 1 aliphatic carbocycles. The summed E-state index contributed by atoms with van der Waals surface area (Å²) in [6, 6.07) is 70.8. The van der Waals surface area contributed by atoms with Crippen molar-refractivity contribution in [2.45, 2.75) is 19.3 Å². The highest BCUT2D eigenvalue weighted by Gasteiger charge is 2.35. The van der Waals surface area contributed by atoms with E-state index in [-0.39, 0.29) is 5.41 Å². The Balaban J connectivity index is 1.13. The molecular weight excluding hydrogens is 641 g/mol. The van der Waals surface area contributed by atoms with E-state index in [0.717, 1.165) is 22.7 Å². The summed E-state index contributed by atoms with van der Waals surface area (Å²) in [4.78, 5) is 2.40. The van der Waals surface area contributed by atoms with Gasteiger partial charge in [-0.15, -0.1) is 0 Å². The highest BCUT2D eigenvalue weighted by Crippen LogP contribution is 2.50. The molecule has 53 heavy (non-hydrogen) atoms. The van der Waals surface area contributed by atoms with Crippen molar-refractivity contribution in [1.82, 2.24) is 4.57 Å². The van der Waals surface area contributed by atoms with Crippen LogP contribution in [0.4, 0.5) is 17.1 Å². The molecule has 1 aromatic heterocycles. The second kappa shape index (κ2) is 12.3. The van der Waals surface area contributed by atoms with E-state index in [9.17, 15) is 0 Å². The number of rotatable bonds is 6. The van der Waals surface area contributed by atoms with Gasteiger partial charge in [-0.1, -0.05) is 153 Å². The molecule has 2 heteroatoms. The summed E-state index contributed by atoms with van der Waals surface area (Å²) in [6.07, 6.45) is 0. The molecular formula is C51H38N2. The standard InChI is InChI=1S/C51H38N2/c1-51(2)47-22-11-9-18-43(47)44-33-32-41(34-48(44)51)52(38-26-24-36(25-27-38)35-14-5-3-6-15-35)39-28-30-40(31-29-39)53-49-23-12-10-19-45(49)46-21-13-20-42(50(46)53)37-16-7-4-8-17-37/h3-34H,1-2H3. The van der Waals surface area contributed by atoms with E-state index in [4.69, 9.17) is 0 Å². The van der Waals surface area contributed by atoms with Gasteiger partial charge in [0.1, 0.15) is 0 Å². The largest absolute Gasteiger partial charge is 0.310 e. The van der Waals surface area contributed by atoms with Crippen molar-refractivity contribution < 1.29 is 0 Å².